The van der Waals surface area contributed by atoms with Crippen LogP contribution in [-0.4, -0.2) is 7.11 Å². The first kappa shape index (κ1) is 10.8. The highest BCUT2D eigenvalue weighted by atomic mass is 16.5. The van der Waals surface area contributed by atoms with Crippen LogP contribution in [0.5, 0.6) is 5.75 Å². The Labute approximate surface area is 85.4 Å². The van der Waals surface area contributed by atoms with E-state index in [1.54, 1.807) is 7.11 Å². The second kappa shape index (κ2) is 4.82. The Morgan fingerprint density at radius 2 is 2.14 bits per heavy atom. The van der Waals surface area contributed by atoms with E-state index >= 15 is 0 Å². The van der Waals surface area contributed by atoms with Crippen molar-refractivity contribution in [3.63, 3.8) is 0 Å². The van der Waals surface area contributed by atoms with Gasteiger partial charge in [-0.2, -0.15) is 0 Å². The van der Waals surface area contributed by atoms with Crippen molar-refractivity contribution >= 4 is 0 Å². The molecule has 76 valence electrons. The van der Waals surface area contributed by atoms with Gasteiger partial charge in [0.25, 0.3) is 0 Å². The summed E-state index contributed by atoms with van der Waals surface area (Å²) in [6.45, 7) is 5.84. The zero-order valence-corrected chi connectivity index (χ0v) is 8.79. The lowest BCUT2D eigenvalue weighted by molar-refractivity contribution is 0.405. The van der Waals surface area contributed by atoms with E-state index in [1.165, 1.54) is 0 Å². The molecule has 0 unspecified atom stereocenters. The smallest absolute Gasteiger partial charge is 0.123 e. The molecule has 2 heteroatoms. The maximum Gasteiger partial charge on any atom is 0.123 e. The van der Waals surface area contributed by atoms with Crippen LogP contribution in [0.1, 0.15) is 24.9 Å². The Hall–Kier alpha value is -1.28. The Morgan fingerprint density at radius 3 is 2.71 bits per heavy atom. The largest absolute Gasteiger partial charge is 0.496 e. The summed E-state index contributed by atoms with van der Waals surface area (Å²) in [6, 6.07) is 7.80. The third-order valence-electron chi connectivity index (χ3n) is 2.11. The number of ether oxygens (including phenoxy) is 1. The summed E-state index contributed by atoms with van der Waals surface area (Å²) in [4.78, 5) is 0. The number of methoxy groups -OCH3 is 1. The molecule has 1 aromatic rings. The topological polar surface area (TPSA) is 35.2 Å². The molecule has 0 bridgehead atoms. The van der Waals surface area contributed by atoms with E-state index in [1.807, 2.05) is 31.2 Å². The highest BCUT2D eigenvalue weighted by molar-refractivity contribution is 5.36. The molecule has 0 saturated carbocycles. The van der Waals surface area contributed by atoms with Gasteiger partial charge in [-0.1, -0.05) is 23.8 Å². The lowest BCUT2D eigenvalue weighted by Gasteiger charge is -2.15. The summed E-state index contributed by atoms with van der Waals surface area (Å²) in [5.74, 6) is 0.848. The highest BCUT2D eigenvalue weighted by Crippen LogP contribution is 2.26. The molecule has 1 atom stereocenters. The molecule has 2 N–H and O–H groups in total. The van der Waals surface area contributed by atoms with Crippen molar-refractivity contribution in [2.24, 2.45) is 5.73 Å². The van der Waals surface area contributed by atoms with Gasteiger partial charge in [0.1, 0.15) is 5.75 Å². The summed E-state index contributed by atoms with van der Waals surface area (Å²) >= 11 is 0. The SMILES string of the molecule is C=C(C)C[C@H](N)c1ccccc1OC. The zero-order chi connectivity index (χ0) is 10.6. The molecule has 0 fully saturated rings. The fraction of sp³-hybridized carbons (Fsp3) is 0.333. The van der Waals surface area contributed by atoms with Gasteiger partial charge in [-0.3, -0.25) is 0 Å². The van der Waals surface area contributed by atoms with Gasteiger partial charge in [-0.05, 0) is 19.4 Å². The first-order valence-corrected chi connectivity index (χ1v) is 4.68. The van der Waals surface area contributed by atoms with Crippen molar-refractivity contribution in [3.8, 4) is 5.75 Å². The van der Waals surface area contributed by atoms with Crippen LogP contribution in [-0.2, 0) is 0 Å². The average Bonchev–Trinajstić information content (AvgIpc) is 2.16. The van der Waals surface area contributed by atoms with Crippen LogP contribution in [0.25, 0.3) is 0 Å². The Morgan fingerprint density at radius 1 is 1.50 bits per heavy atom. The summed E-state index contributed by atoms with van der Waals surface area (Å²) in [5.41, 5.74) is 8.16. The third-order valence-corrected chi connectivity index (χ3v) is 2.11. The molecule has 0 aliphatic rings. The quantitative estimate of drug-likeness (QED) is 0.742. The minimum atomic E-state index is -0.0244. The highest BCUT2D eigenvalue weighted by Gasteiger charge is 2.10. The number of hydrogen-bond donors (Lipinski definition) is 1. The number of rotatable bonds is 4. The molecular weight excluding hydrogens is 174 g/mol. The summed E-state index contributed by atoms with van der Waals surface area (Å²) < 4.78 is 5.24. The van der Waals surface area contributed by atoms with E-state index in [-0.39, 0.29) is 6.04 Å². The Bertz CT molecular complexity index is 320. The van der Waals surface area contributed by atoms with Crippen molar-refractivity contribution < 1.29 is 4.74 Å². The summed E-state index contributed by atoms with van der Waals surface area (Å²) in [6.07, 6.45) is 0.792. The molecule has 0 saturated heterocycles. The molecule has 0 aliphatic heterocycles. The molecule has 0 heterocycles. The maximum absolute atomic E-state index is 6.03. The fourth-order valence-electron chi connectivity index (χ4n) is 1.46. The van der Waals surface area contributed by atoms with Crippen molar-refractivity contribution in [2.75, 3.05) is 7.11 Å². The van der Waals surface area contributed by atoms with Crippen LogP contribution in [0.3, 0.4) is 0 Å². The minimum Gasteiger partial charge on any atom is -0.496 e. The van der Waals surface area contributed by atoms with Gasteiger partial charge in [0.05, 0.1) is 7.11 Å². The molecule has 0 aliphatic carbocycles. The second-order valence-corrected chi connectivity index (χ2v) is 3.51. The van der Waals surface area contributed by atoms with Gasteiger partial charge < -0.3 is 10.5 Å². The number of nitrogens with two attached hydrogens (primary N) is 1. The van der Waals surface area contributed by atoms with Gasteiger partial charge in [0.2, 0.25) is 0 Å². The van der Waals surface area contributed by atoms with E-state index in [4.69, 9.17) is 10.5 Å². The van der Waals surface area contributed by atoms with Gasteiger partial charge in [0.15, 0.2) is 0 Å². The molecule has 0 aromatic heterocycles. The van der Waals surface area contributed by atoms with Crippen molar-refractivity contribution in [2.45, 2.75) is 19.4 Å². The van der Waals surface area contributed by atoms with E-state index in [2.05, 4.69) is 6.58 Å². The minimum absolute atomic E-state index is 0.0244. The van der Waals surface area contributed by atoms with Gasteiger partial charge in [-0.25, -0.2) is 0 Å². The predicted octanol–water partition coefficient (Wildman–Crippen LogP) is 2.66. The zero-order valence-electron chi connectivity index (χ0n) is 8.79. The van der Waals surface area contributed by atoms with Crippen molar-refractivity contribution in [3.05, 3.63) is 42.0 Å². The van der Waals surface area contributed by atoms with Crippen LogP contribution in [0.15, 0.2) is 36.4 Å². The molecule has 0 radical (unpaired) electrons. The van der Waals surface area contributed by atoms with Gasteiger partial charge >= 0.3 is 0 Å². The number of hydrogen-bond acceptors (Lipinski definition) is 2. The maximum atomic E-state index is 6.03. The first-order chi connectivity index (χ1) is 6.65. The molecular formula is C12H17NO. The third kappa shape index (κ3) is 2.60. The Kier molecular flexibility index (Phi) is 3.72. The van der Waals surface area contributed by atoms with Crippen molar-refractivity contribution in [1.82, 2.24) is 0 Å². The monoisotopic (exact) mass is 191 g/mol. The molecule has 0 spiro atoms. The normalized spacial score (nSPS) is 12.2. The van der Waals surface area contributed by atoms with Crippen molar-refractivity contribution in [1.29, 1.82) is 0 Å². The average molecular weight is 191 g/mol. The second-order valence-electron chi connectivity index (χ2n) is 3.51. The fourth-order valence-corrected chi connectivity index (χ4v) is 1.46. The summed E-state index contributed by atoms with van der Waals surface area (Å²) in [7, 11) is 1.66. The summed E-state index contributed by atoms with van der Waals surface area (Å²) in [5, 5.41) is 0. The number of para-hydroxylation sites is 1. The number of benzene rings is 1. The lowest BCUT2D eigenvalue weighted by atomic mass is 10.0. The van der Waals surface area contributed by atoms with E-state index in [0.29, 0.717) is 0 Å². The van der Waals surface area contributed by atoms with E-state index < -0.39 is 0 Å². The van der Waals surface area contributed by atoms with Crippen LogP contribution in [0, 0.1) is 0 Å². The Balaban J connectivity index is 2.87. The lowest BCUT2D eigenvalue weighted by Crippen LogP contribution is -2.11. The molecule has 1 aromatic carbocycles. The molecule has 0 amide bonds. The molecule has 2 nitrogen and oxygen atoms in total. The predicted molar refractivity (Wildman–Crippen MR) is 59.4 cm³/mol. The first-order valence-electron chi connectivity index (χ1n) is 4.68. The van der Waals surface area contributed by atoms with Crippen LogP contribution in [0.4, 0.5) is 0 Å². The standard InChI is InChI=1S/C12H17NO/c1-9(2)8-11(13)10-6-4-5-7-12(10)14-3/h4-7,11H,1,8,13H2,2-3H3/t11-/m0/s1. The van der Waals surface area contributed by atoms with Gasteiger partial charge in [0, 0.05) is 11.6 Å². The van der Waals surface area contributed by atoms with Gasteiger partial charge in [-0.15, -0.1) is 6.58 Å². The molecule has 14 heavy (non-hydrogen) atoms. The van der Waals surface area contributed by atoms with E-state index in [0.717, 1.165) is 23.3 Å². The van der Waals surface area contributed by atoms with Crippen LogP contribution < -0.4 is 10.5 Å². The van der Waals surface area contributed by atoms with E-state index in [9.17, 15) is 0 Å². The van der Waals surface area contributed by atoms with Crippen LogP contribution >= 0.6 is 0 Å². The molecule has 1 rings (SSSR count). The van der Waals surface area contributed by atoms with Crippen LogP contribution in [0.2, 0.25) is 0 Å².